The Hall–Kier alpha value is -2.43. The van der Waals surface area contributed by atoms with E-state index in [4.69, 9.17) is 5.73 Å². The van der Waals surface area contributed by atoms with Crippen molar-refractivity contribution in [2.24, 2.45) is 5.73 Å². The van der Waals surface area contributed by atoms with Crippen LogP contribution in [0.15, 0.2) is 42.5 Å². The highest BCUT2D eigenvalue weighted by atomic mass is 19.3. The van der Waals surface area contributed by atoms with Crippen LogP contribution in [0.4, 0.5) is 8.78 Å². The number of halogens is 2. The van der Waals surface area contributed by atoms with E-state index >= 15 is 0 Å². The third kappa shape index (κ3) is 2.66. The second-order valence-corrected chi connectivity index (χ2v) is 5.28. The molecular weight excluding hydrogens is 288 g/mol. The molecule has 0 saturated heterocycles. The lowest BCUT2D eigenvalue weighted by atomic mass is 9.89. The molecule has 0 fully saturated rings. The largest absolute Gasteiger partial charge is 0.435 e. The first-order valence-corrected chi connectivity index (χ1v) is 7.02. The molecule has 1 amide bonds. The molecule has 3 nitrogen and oxygen atoms in total. The van der Waals surface area contributed by atoms with E-state index in [2.05, 4.69) is 4.74 Å². The van der Waals surface area contributed by atoms with Crippen molar-refractivity contribution >= 4 is 5.91 Å². The molecule has 22 heavy (non-hydrogen) atoms. The van der Waals surface area contributed by atoms with Crippen molar-refractivity contribution in [1.82, 2.24) is 0 Å². The van der Waals surface area contributed by atoms with E-state index in [1.165, 1.54) is 0 Å². The molecule has 1 aliphatic rings. The standard InChI is InChI=1S/C17H15F2NO2/c18-17(19)22-11-7-5-10-6-8-13(15(10)9-11)12-3-1-2-4-14(12)16(20)21/h1-5,7,9,13,17H,6,8H2,(H2,20,21)/t13-/m0/s1. The first-order valence-electron chi connectivity index (χ1n) is 7.02. The minimum Gasteiger partial charge on any atom is -0.435 e. The second-order valence-electron chi connectivity index (χ2n) is 5.28. The van der Waals surface area contributed by atoms with Gasteiger partial charge in [-0.3, -0.25) is 4.79 Å². The fraction of sp³-hybridized carbons (Fsp3) is 0.235. The number of primary amides is 1. The normalized spacial score (nSPS) is 16.6. The van der Waals surface area contributed by atoms with Crippen molar-refractivity contribution in [3.63, 3.8) is 0 Å². The molecule has 0 spiro atoms. The fourth-order valence-corrected chi connectivity index (χ4v) is 3.10. The van der Waals surface area contributed by atoms with Crippen LogP contribution in [0.25, 0.3) is 0 Å². The summed E-state index contributed by atoms with van der Waals surface area (Å²) < 4.78 is 29.2. The number of hydrogen-bond donors (Lipinski definition) is 1. The molecule has 0 aromatic heterocycles. The molecular formula is C17H15F2NO2. The van der Waals surface area contributed by atoms with Gasteiger partial charge in [0.1, 0.15) is 5.75 Å². The van der Waals surface area contributed by atoms with Gasteiger partial charge in [-0.2, -0.15) is 8.78 Å². The summed E-state index contributed by atoms with van der Waals surface area (Å²) in [5.41, 5.74) is 8.76. The molecule has 2 N–H and O–H groups in total. The maximum atomic E-state index is 12.4. The van der Waals surface area contributed by atoms with Gasteiger partial charge in [0.25, 0.3) is 0 Å². The number of amides is 1. The summed E-state index contributed by atoms with van der Waals surface area (Å²) in [4.78, 5) is 11.6. The van der Waals surface area contributed by atoms with Crippen molar-refractivity contribution in [2.75, 3.05) is 0 Å². The van der Waals surface area contributed by atoms with Gasteiger partial charge in [-0.25, -0.2) is 0 Å². The molecule has 3 rings (SSSR count). The van der Waals surface area contributed by atoms with E-state index < -0.39 is 12.5 Å². The minimum absolute atomic E-state index is 0.0278. The average Bonchev–Trinajstić information content (AvgIpc) is 2.89. The average molecular weight is 303 g/mol. The van der Waals surface area contributed by atoms with Gasteiger partial charge in [0.05, 0.1) is 0 Å². The Morgan fingerprint density at radius 2 is 1.95 bits per heavy atom. The van der Waals surface area contributed by atoms with E-state index in [0.29, 0.717) is 5.56 Å². The predicted octanol–water partition coefficient (Wildman–Crippen LogP) is 3.47. The van der Waals surface area contributed by atoms with Crippen LogP contribution < -0.4 is 10.5 Å². The van der Waals surface area contributed by atoms with Gasteiger partial charge >= 0.3 is 6.61 Å². The maximum Gasteiger partial charge on any atom is 0.387 e. The number of fused-ring (bicyclic) bond motifs is 1. The van der Waals surface area contributed by atoms with Gasteiger partial charge < -0.3 is 10.5 Å². The Morgan fingerprint density at radius 1 is 1.18 bits per heavy atom. The summed E-state index contributed by atoms with van der Waals surface area (Å²) in [7, 11) is 0. The summed E-state index contributed by atoms with van der Waals surface area (Å²) in [6.07, 6.45) is 1.65. The molecule has 2 aromatic rings. The number of benzene rings is 2. The van der Waals surface area contributed by atoms with Gasteiger partial charge in [0, 0.05) is 11.5 Å². The smallest absolute Gasteiger partial charge is 0.387 e. The molecule has 0 radical (unpaired) electrons. The summed E-state index contributed by atoms with van der Waals surface area (Å²) in [5, 5.41) is 0. The lowest BCUT2D eigenvalue weighted by molar-refractivity contribution is -0.0498. The monoisotopic (exact) mass is 303 g/mol. The van der Waals surface area contributed by atoms with Crippen molar-refractivity contribution in [3.8, 4) is 5.75 Å². The molecule has 5 heteroatoms. The molecule has 114 valence electrons. The first kappa shape index (κ1) is 14.5. The number of aryl methyl sites for hydroxylation is 1. The Bertz CT molecular complexity index is 716. The zero-order chi connectivity index (χ0) is 15.7. The van der Waals surface area contributed by atoms with Crippen LogP contribution in [-0.2, 0) is 6.42 Å². The number of rotatable bonds is 4. The quantitative estimate of drug-likeness (QED) is 0.940. The van der Waals surface area contributed by atoms with Crippen molar-refractivity contribution < 1.29 is 18.3 Å². The molecule has 0 bridgehead atoms. The number of carbonyl (C=O) groups is 1. The lowest BCUT2D eigenvalue weighted by Crippen LogP contribution is -2.15. The van der Waals surface area contributed by atoms with E-state index in [-0.39, 0.29) is 11.7 Å². The van der Waals surface area contributed by atoms with Crippen molar-refractivity contribution in [1.29, 1.82) is 0 Å². The van der Waals surface area contributed by atoms with Gasteiger partial charge in [-0.05, 0) is 47.7 Å². The van der Waals surface area contributed by atoms with Crippen LogP contribution in [0.2, 0.25) is 0 Å². The Morgan fingerprint density at radius 3 is 2.68 bits per heavy atom. The SMILES string of the molecule is NC(=O)c1ccccc1[C@@H]1CCc2ccc(OC(F)F)cc21. The van der Waals surface area contributed by atoms with Gasteiger partial charge in [0.15, 0.2) is 0 Å². The van der Waals surface area contributed by atoms with E-state index in [0.717, 1.165) is 29.5 Å². The first-order chi connectivity index (χ1) is 10.6. The highest BCUT2D eigenvalue weighted by molar-refractivity contribution is 5.94. The van der Waals surface area contributed by atoms with Gasteiger partial charge in [-0.1, -0.05) is 24.3 Å². The number of nitrogens with two attached hydrogens (primary N) is 1. The van der Waals surface area contributed by atoms with E-state index in [1.807, 2.05) is 12.1 Å². The lowest BCUT2D eigenvalue weighted by Gasteiger charge is -2.16. The van der Waals surface area contributed by atoms with E-state index in [9.17, 15) is 13.6 Å². The topological polar surface area (TPSA) is 52.3 Å². The van der Waals surface area contributed by atoms with Crippen molar-refractivity contribution in [2.45, 2.75) is 25.4 Å². The van der Waals surface area contributed by atoms with Crippen LogP contribution in [0.3, 0.4) is 0 Å². The number of ether oxygens (including phenoxy) is 1. The summed E-state index contributed by atoms with van der Waals surface area (Å²) in [6.45, 7) is -2.85. The van der Waals surface area contributed by atoms with Crippen LogP contribution in [0, 0.1) is 0 Å². The van der Waals surface area contributed by atoms with Gasteiger partial charge in [-0.15, -0.1) is 0 Å². The highest BCUT2D eigenvalue weighted by Crippen LogP contribution is 2.41. The molecule has 0 unspecified atom stereocenters. The summed E-state index contributed by atoms with van der Waals surface area (Å²) in [5.74, 6) is -0.374. The molecule has 0 aliphatic heterocycles. The number of alkyl halides is 2. The third-order valence-corrected chi connectivity index (χ3v) is 4.02. The maximum absolute atomic E-state index is 12.4. The predicted molar refractivity (Wildman–Crippen MR) is 78.2 cm³/mol. The molecule has 2 aromatic carbocycles. The minimum atomic E-state index is -2.85. The zero-order valence-electron chi connectivity index (χ0n) is 11.8. The Labute approximate surface area is 126 Å². The van der Waals surface area contributed by atoms with E-state index in [1.54, 1.807) is 30.3 Å². The van der Waals surface area contributed by atoms with Crippen molar-refractivity contribution in [3.05, 3.63) is 64.7 Å². The molecule has 0 saturated carbocycles. The van der Waals surface area contributed by atoms with Crippen LogP contribution in [0.5, 0.6) is 5.75 Å². The number of carbonyl (C=O) groups excluding carboxylic acids is 1. The summed E-state index contributed by atoms with van der Waals surface area (Å²) in [6, 6.07) is 12.1. The van der Waals surface area contributed by atoms with Crippen LogP contribution >= 0.6 is 0 Å². The zero-order valence-corrected chi connectivity index (χ0v) is 11.8. The Kier molecular flexibility index (Phi) is 3.79. The second kappa shape index (κ2) is 5.75. The molecule has 0 heterocycles. The number of hydrogen-bond acceptors (Lipinski definition) is 2. The summed E-state index contributed by atoms with van der Waals surface area (Å²) >= 11 is 0. The van der Waals surface area contributed by atoms with Crippen LogP contribution in [-0.4, -0.2) is 12.5 Å². The molecule has 1 aliphatic carbocycles. The highest BCUT2D eigenvalue weighted by Gasteiger charge is 2.27. The van der Waals surface area contributed by atoms with Gasteiger partial charge in [0.2, 0.25) is 5.91 Å². The Balaban J connectivity index is 2.02. The fourth-order valence-electron chi connectivity index (χ4n) is 3.10. The van der Waals surface area contributed by atoms with Crippen LogP contribution in [0.1, 0.15) is 39.4 Å². The third-order valence-electron chi connectivity index (χ3n) is 4.02. The molecule has 1 atom stereocenters.